The fourth-order valence-electron chi connectivity index (χ4n) is 2.99. The molecule has 0 spiro atoms. The molecule has 1 N–H and O–H groups in total. The maximum Gasteiger partial charge on any atom is 0.148 e. The summed E-state index contributed by atoms with van der Waals surface area (Å²) >= 11 is 0. The molecule has 1 aromatic heterocycles. The van der Waals surface area contributed by atoms with Gasteiger partial charge in [0.05, 0.1) is 5.75 Å². The van der Waals surface area contributed by atoms with Crippen LogP contribution in [0.5, 0.6) is 0 Å². The third-order valence-corrected chi connectivity index (χ3v) is 5.02. The van der Waals surface area contributed by atoms with E-state index in [9.17, 15) is 8.42 Å². The first-order valence-corrected chi connectivity index (χ1v) is 9.88. The van der Waals surface area contributed by atoms with E-state index < -0.39 is 9.84 Å². The Morgan fingerprint density at radius 3 is 2.58 bits per heavy atom. The van der Waals surface area contributed by atoms with Crippen LogP contribution < -0.4 is 5.32 Å². The van der Waals surface area contributed by atoms with Gasteiger partial charge in [-0.2, -0.15) is 0 Å². The lowest BCUT2D eigenvalue weighted by Crippen LogP contribution is -2.31. The van der Waals surface area contributed by atoms with Gasteiger partial charge in [0.1, 0.15) is 22.0 Å². The van der Waals surface area contributed by atoms with Gasteiger partial charge < -0.3 is 5.32 Å². The molecule has 2 atom stereocenters. The smallest absolute Gasteiger partial charge is 0.148 e. The number of hydrogen-bond acceptors (Lipinski definition) is 6. The van der Waals surface area contributed by atoms with Crippen LogP contribution in [0.4, 0.5) is 5.82 Å². The fraction of sp³-hybridized carbons (Fsp3) is 0.733. The van der Waals surface area contributed by atoms with Crippen molar-refractivity contribution >= 4 is 40.5 Å². The van der Waals surface area contributed by atoms with Crippen LogP contribution in [0.25, 0.3) is 0 Å². The summed E-state index contributed by atoms with van der Waals surface area (Å²) in [5, 5.41) is 3.50. The van der Waals surface area contributed by atoms with Gasteiger partial charge >= 0.3 is 0 Å². The van der Waals surface area contributed by atoms with Gasteiger partial charge in [-0.15, -0.1) is 24.8 Å². The summed E-state index contributed by atoms with van der Waals surface area (Å²) in [5.41, 5.74) is 0.941. The second-order valence-corrected chi connectivity index (χ2v) is 8.49. The fourth-order valence-corrected chi connectivity index (χ4v) is 3.58. The number of nitrogens with zero attached hydrogens (tertiary/aromatic N) is 3. The number of likely N-dealkylation sites (tertiary alicyclic amines) is 1. The number of aromatic nitrogens is 2. The van der Waals surface area contributed by atoms with Gasteiger partial charge in [0.25, 0.3) is 0 Å². The molecule has 0 bridgehead atoms. The maximum atomic E-state index is 11.3. The summed E-state index contributed by atoms with van der Waals surface area (Å²) in [6.45, 7) is 6.56. The number of halogens is 2. The zero-order valence-corrected chi connectivity index (χ0v) is 16.9. The third kappa shape index (κ3) is 7.51. The Hall–Kier alpha value is -0.630. The van der Waals surface area contributed by atoms with Crippen molar-refractivity contribution in [1.82, 2.24) is 14.9 Å². The number of anilines is 1. The highest BCUT2D eigenvalue weighted by Crippen LogP contribution is 2.24. The highest BCUT2D eigenvalue weighted by molar-refractivity contribution is 7.90. The molecule has 2 heterocycles. The molecule has 0 radical (unpaired) electrons. The van der Waals surface area contributed by atoms with Gasteiger partial charge in [-0.3, -0.25) is 4.90 Å². The number of rotatable bonds is 7. The van der Waals surface area contributed by atoms with Crippen molar-refractivity contribution in [1.29, 1.82) is 0 Å². The topological polar surface area (TPSA) is 75.2 Å². The van der Waals surface area contributed by atoms with Gasteiger partial charge in [0.2, 0.25) is 0 Å². The normalized spacial score (nSPS) is 21.0. The average Bonchev–Trinajstić information content (AvgIpc) is 2.79. The Labute approximate surface area is 157 Å². The Kier molecular flexibility index (Phi) is 10.1. The van der Waals surface area contributed by atoms with E-state index in [0.29, 0.717) is 18.5 Å². The first-order valence-electron chi connectivity index (χ1n) is 7.82. The monoisotopic (exact) mass is 398 g/mol. The standard InChI is InChI=1S/C15H26N4O2S.2ClH/c1-4-5-13-9-19(6-7-22(3,20)21)10-14(13)18-15-8-12(2)16-11-17-15;;/h8,11,13-14H,4-7,9-10H2,1-3H3,(H,16,17,18);2*1H/t13-,14-;;/m0../s1. The predicted molar refractivity (Wildman–Crippen MR) is 103 cm³/mol. The Morgan fingerprint density at radius 2 is 2.00 bits per heavy atom. The molecule has 140 valence electrons. The van der Waals surface area contributed by atoms with E-state index in [1.807, 2.05) is 13.0 Å². The number of nitrogens with one attached hydrogen (secondary N) is 1. The van der Waals surface area contributed by atoms with Gasteiger partial charge in [-0.05, 0) is 19.3 Å². The summed E-state index contributed by atoms with van der Waals surface area (Å²) in [5.74, 6) is 1.61. The van der Waals surface area contributed by atoms with Crippen molar-refractivity contribution < 1.29 is 8.42 Å². The highest BCUT2D eigenvalue weighted by atomic mass is 35.5. The number of sulfone groups is 1. The lowest BCUT2D eigenvalue weighted by atomic mass is 9.98. The molecule has 0 aromatic carbocycles. The van der Waals surface area contributed by atoms with Gasteiger partial charge in [-0.1, -0.05) is 13.3 Å². The van der Waals surface area contributed by atoms with Crippen LogP contribution in [0.15, 0.2) is 12.4 Å². The van der Waals surface area contributed by atoms with Crippen LogP contribution in [0, 0.1) is 12.8 Å². The van der Waals surface area contributed by atoms with Crippen LogP contribution in [-0.4, -0.2) is 61.0 Å². The van der Waals surface area contributed by atoms with Crippen LogP contribution in [-0.2, 0) is 9.84 Å². The summed E-state index contributed by atoms with van der Waals surface area (Å²) in [4.78, 5) is 10.6. The minimum atomic E-state index is -2.91. The Balaban J connectivity index is 0.00000264. The van der Waals surface area contributed by atoms with Crippen LogP contribution in [0.2, 0.25) is 0 Å². The van der Waals surface area contributed by atoms with E-state index in [4.69, 9.17) is 0 Å². The van der Waals surface area contributed by atoms with Crippen LogP contribution >= 0.6 is 24.8 Å². The zero-order valence-electron chi connectivity index (χ0n) is 14.4. The number of aryl methyl sites for hydroxylation is 1. The molecule has 0 amide bonds. The van der Waals surface area contributed by atoms with Crippen molar-refractivity contribution in [2.45, 2.75) is 32.7 Å². The Morgan fingerprint density at radius 1 is 1.29 bits per heavy atom. The molecule has 1 aromatic rings. The molecule has 0 aliphatic carbocycles. The summed E-state index contributed by atoms with van der Waals surface area (Å²) in [6, 6.07) is 2.26. The first kappa shape index (κ1) is 23.4. The third-order valence-electron chi connectivity index (χ3n) is 4.09. The van der Waals surface area contributed by atoms with Crippen molar-refractivity contribution in [3.05, 3.63) is 18.1 Å². The van der Waals surface area contributed by atoms with E-state index in [1.165, 1.54) is 6.26 Å². The van der Waals surface area contributed by atoms with Crippen LogP contribution in [0.1, 0.15) is 25.5 Å². The molecule has 2 rings (SSSR count). The van der Waals surface area contributed by atoms with Crippen molar-refractivity contribution in [2.24, 2.45) is 5.92 Å². The lowest BCUT2D eigenvalue weighted by Gasteiger charge is -2.20. The summed E-state index contributed by atoms with van der Waals surface area (Å²) in [6.07, 6.45) is 5.14. The SMILES string of the molecule is CCC[C@H]1CN(CCS(C)(=O)=O)C[C@@H]1Nc1cc(C)ncn1.Cl.Cl. The highest BCUT2D eigenvalue weighted by Gasteiger charge is 2.32. The second kappa shape index (κ2) is 10.4. The van der Waals surface area contributed by atoms with E-state index in [0.717, 1.165) is 37.4 Å². The molecule has 6 nitrogen and oxygen atoms in total. The predicted octanol–water partition coefficient (Wildman–Crippen LogP) is 2.19. The summed E-state index contributed by atoms with van der Waals surface area (Å²) < 4.78 is 22.7. The minimum absolute atomic E-state index is 0. The van der Waals surface area contributed by atoms with Crippen molar-refractivity contribution in [3.63, 3.8) is 0 Å². The molecule has 24 heavy (non-hydrogen) atoms. The molecule has 1 saturated heterocycles. The molecule has 1 aliphatic heterocycles. The average molecular weight is 399 g/mol. The van der Waals surface area contributed by atoms with E-state index >= 15 is 0 Å². The van der Waals surface area contributed by atoms with Gasteiger partial charge in [0, 0.05) is 43.7 Å². The molecule has 9 heteroatoms. The molecule has 0 unspecified atom stereocenters. The molecule has 1 aliphatic rings. The van der Waals surface area contributed by atoms with Crippen molar-refractivity contribution in [2.75, 3.05) is 37.0 Å². The first-order chi connectivity index (χ1) is 10.4. The van der Waals surface area contributed by atoms with E-state index in [2.05, 4.69) is 27.1 Å². The molecular weight excluding hydrogens is 371 g/mol. The lowest BCUT2D eigenvalue weighted by molar-refractivity contribution is 0.338. The van der Waals surface area contributed by atoms with E-state index in [-0.39, 0.29) is 30.6 Å². The van der Waals surface area contributed by atoms with Gasteiger partial charge in [-0.25, -0.2) is 18.4 Å². The summed E-state index contributed by atoms with van der Waals surface area (Å²) in [7, 11) is -2.91. The second-order valence-electron chi connectivity index (χ2n) is 6.23. The largest absolute Gasteiger partial charge is 0.366 e. The Bertz CT molecular complexity index is 601. The van der Waals surface area contributed by atoms with E-state index in [1.54, 1.807) is 6.33 Å². The molecule has 0 saturated carbocycles. The quantitative estimate of drug-likeness (QED) is 0.758. The van der Waals surface area contributed by atoms with Crippen LogP contribution in [0.3, 0.4) is 0 Å². The number of hydrogen-bond donors (Lipinski definition) is 1. The maximum absolute atomic E-state index is 11.3. The molecular formula is C15H28Cl2N4O2S. The molecule has 1 fully saturated rings. The minimum Gasteiger partial charge on any atom is -0.366 e. The zero-order chi connectivity index (χ0) is 16.2. The van der Waals surface area contributed by atoms with Crippen molar-refractivity contribution in [3.8, 4) is 0 Å². The van der Waals surface area contributed by atoms with Gasteiger partial charge in [0.15, 0.2) is 0 Å².